The van der Waals surface area contributed by atoms with Crippen molar-refractivity contribution in [2.24, 2.45) is 0 Å². The number of rotatable bonds is 4. The Labute approximate surface area is 166 Å². The lowest BCUT2D eigenvalue weighted by Gasteiger charge is -2.40. The third-order valence-electron chi connectivity index (χ3n) is 5.94. The second kappa shape index (κ2) is 7.20. The Balaban J connectivity index is 1.52. The summed E-state index contributed by atoms with van der Waals surface area (Å²) in [7, 11) is 7.45. The van der Waals surface area contributed by atoms with E-state index in [9.17, 15) is 4.79 Å². The van der Waals surface area contributed by atoms with Crippen molar-refractivity contribution < 1.29 is 9.21 Å². The van der Waals surface area contributed by atoms with E-state index in [2.05, 4.69) is 9.88 Å². The molecule has 3 heterocycles. The quantitative estimate of drug-likeness (QED) is 0.807. The lowest BCUT2D eigenvalue weighted by molar-refractivity contribution is 0.0789. The summed E-state index contributed by atoms with van der Waals surface area (Å²) < 4.78 is 5.82. The average molecular weight is 383 g/mol. The van der Waals surface area contributed by atoms with Crippen molar-refractivity contribution in [1.82, 2.24) is 19.8 Å². The van der Waals surface area contributed by atoms with Gasteiger partial charge in [0.1, 0.15) is 5.76 Å². The predicted molar refractivity (Wildman–Crippen MR) is 108 cm³/mol. The first-order valence-corrected chi connectivity index (χ1v) is 9.94. The highest BCUT2D eigenvalue weighted by atomic mass is 16.4. The van der Waals surface area contributed by atoms with Gasteiger partial charge in [-0.3, -0.25) is 9.69 Å². The molecule has 1 spiro atoms. The fourth-order valence-corrected chi connectivity index (χ4v) is 4.53. The summed E-state index contributed by atoms with van der Waals surface area (Å²) in [5.74, 6) is 1.94. The van der Waals surface area contributed by atoms with Crippen LogP contribution < -0.4 is 4.90 Å². The van der Waals surface area contributed by atoms with Crippen molar-refractivity contribution in [3.8, 4) is 0 Å². The lowest BCUT2D eigenvalue weighted by atomic mass is 9.77. The SMILES string of the molecule is CN(C)C(=O)c1ccc(CN2CCCC3(CCc4cnc(N(C)C)nc43)C2)o1. The van der Waals surface area contributed by atoms with Crippen LogP contribution in [0, 0.1) is 0 Å². The van der Waals surface area contributed by atoms with Gasteiger partial charge < -0.3 is 14.2 Å². The summed E-state index contributed by atoms with van der Waals surface area (Å²) in [6, 6.07) is 3.70. The molecule has 2 aromatic heterocycles. The van der Waals surface area contributed by atoms with Gasteiger partial charge in [-0.2, -0.15) is 0 Å². The van der Waals surface area contributed by atoms with Crippen LogP contribution in [0.25, 0.3) is 0 Å². The number of carbonyl (C=O) groups is 1. The molecule has 28 heavy (non-hydrogen) atoms. The zero-order valence-corrected chi connectivity index (χ0v) is 17.2. The number of furan rings is 1. The van der Waals surface area contributed by atoms with Crippen molar-refractivity contribution in [2.45, 2.75) is 37.6 Å². The van der Waals surface area contributed by atoms with Gasteiger partial charge in [-0.25, -0.2) is 9.97 Å². The minimum absolute atomic E-state index is 0.0981. The number of hydrogen-bond acceptors (Lipinski definition) is 6. The number of carbonyl (C=O) groups excluding carboxylic acids is 1. The normalized spacial score (nSPS) is 21.7. The first kappa shape index (κ1) is 18.9. The van der Waals surface area contributed by atoms with Crippen LogP contribution in [0.1, 0.15) is 46.8 Å². The Morgan fingerprint density at radius 2 is 2.07 bits per heavy atom. The molecule has 1 aliphatic heterocycles. The number of hydrogen-bond donors (Lipinski definition) is 0. The highest BCUT2D eigenvalue weighted by Gasteiger charge is 2.43. The van der Waals surface area contributed by atoms with Crippen LogP contribution in [0.4, 0.5) is 5.95 Å². The van der Waals surface area contributed by atoms with Gasteiger partial charge >= 0.3 is 0 Å². The van der Waals surface area contributed by atoms with Crippen molar-refractivity contribution >= 4 is 11.9 Å². The van der Waals surface area contributed by atoms with E-state index in [1.165, 1.54) is 22.6 Å². The number of aryl methyl sites for hydroxylation is 1. The minimum Gasteiger partial charge on any atom is -0.455 e. The number of fused-ring (bicyclic) bond motifs is 2. The fraction of sp³-hybridized carbons (Fsp3) is 0.571. The third kappa shape index (κ3) is 3.39. The molecule has 0 radical (unpaired) electrons. The van der Waals surface area contributed by atoms with E-state index in [1.54, 1.807) is 20.2 Å². The smallest absolute Gasteiger partial charge is 0.289 e. The summed E-state index contributed by atoms with van der Waals surface area (Å²) in [5, 5.41) is 0. The van der Waals surface area contributed by atoms with E-state index in [4.69, 9.17) is 9.40 Å². The first-order chi connectivity index (χ1) is 13.4. The Morgan fingerprint density at radius 1 is 1.25 bits per heavy atom. The van der Waals surface area contributed by atoms with Crippen LogP contribution in [-0.2, 0) is 18.4 Å². The predicted octanol–water partition coefficient (Wildman–Crippen LogP) is 2.32. The number of nitrogens with zero attached hydrogens (tertiary/aromatic N) is 5. The standard InChI is InChI=1S/C21H29N5O2/c1-24(2)19(27)17-7-6-16(28-17)13-26-11-5-9-21(14-26)10-8-15-12-22-20(25(3)4)23-18(15)21/h6-7,12H,5,8-11,13-14H2,1-4H3. The second-order valence-electron chi connectivity index (χ2n) is 8.50. The van der Waals surface area contributed by atoms with Crippen LogP contribution in [0.5, 0.6) is 0 Å². The first-order valence-electron chi connectivity index (χ1n) is 9.94. The molecule has 4 rings (SSSR count). The van der Waals surface area contributed by atoms with E-state index in [-0.39, 0.29) is 11.3 Å². The van der Waals surface area contributed by atoms with Gasteiger partial charge in [-0.15, -0.1) is 0 Å². The van der Waals surface area contributed by atoms with E-state index >= 15 is 0 Å². The van der Waals surface area contributed by atoms with Gasteiger partial charge in [0.25, 0.3) is 5.91 Å². The van der Waals surface area contributed by atoms with Crippen LogP contribution in [0.3, 0.4) is 0 Å². The van der Waals surface area contributed by atoms with Gasteiger partial charge in [-0.05, 0) is 49.9 Å². The molecule has 1 atom stereocenters. The van der Waals surface area contributed by atoms with Gasteiger partial charge in [0.15, 0.2) is 5.76 Å². The monoisotopic (exact) mass is 383 g/mol. The number of aromatic nitrogens is 2. The average Bonchev–Trinajstić information content (AvgIpc) is 3.26. The maximum atomic E-state index is 12.1. The highest BCUT2D eigenvalue weighted by Crippen LogP contribution is 2.44. The van der Waals surface area contributed by atoms with Crippen LogP contribution in [0.15, 0.2) is 22.7 Å². The summed E-state index contributed by atoms with van der Waals surface area (Å²) in [6.07, 6.45) is 6.51. The topological polar surface area (TPSA) is 65.7 Å². The van der Waals surface area contributed by atoms with Gasteiger partial charge in [0, 0.05) is 46.3 Å². The molecule has 7 nitrogen and oxygen atoms in total. The summed E-state index contributed by atoms with van der Waals surface area (Å²) in [4.78, 5) is 27.5. The van der Waals surface area contributed by atoms with Gasteiger partial charge in [0.05, 0.1) is 12.2 Å². The molecule has 0 N–H and O–H groups in total. The summed E-state index contributed by atoms with van der Waals surface area (Å²) in [5.41, 5.74) is 2.64. The molecule has 1 amide bonds. The molecule has 7 heteroatoms. The second-order valence-corrected chi connectivity index (χ2v) is 8.50. The fourth-order valence-electron chi connectivity index (χ4n) is 4.53. The molecule has 150 valence electrons. The molecule has 0 aromatic carbocycles. The Bertz CT molecular complexity index is 871. The molecule has 1 fully saturated rings. The Kier molecular flexibility index (Phi) is 4.87. The molecule has 2 aromatic rings. The minimum atomic E-state index is -0.0981. The van der Waals surface area contributed by atoms with E-state index < -0.39 is 0 Å². The highest BCUT2D eigenvalue weighted by molar-refractivity contribution is 5.91. The zero-order valence-electron chi connectivity index (χ0n) is 17.2. The van der Waals surface area contributed by atoms with Crippen molar-refractivity contribution in [2.75, 3.05) is 46.2 Å². The molecular formula is C21H29N5O2. The molecule has 2 aliphatic rings. The van der Waals surface area contributed by atoms with Gasteiger partial charge in [-0.1, -0.05) is 0 Å². The van der Waals surface area contributed by atoms with E-state index in [1.807, 2.05) is 31.3 Å². The molecule has 1 aliphatic carbocycles. The number of likely N-dealkylation sites (tertiary alicyclic amines) is 1. The van der Waals surface area contributed by atoms with Crippen molar-refractivity contribution in [3.63, 3.8) is 0 Å². The zero-order chi connectivity index (χ0) is 19.9. The van der Waals surface area contributed by atoms with E-state index in [0.29, 0.717) is 5.76 Å². The number of amides is 1. The molecule has 1 saturated heterocycles. The largest absolute Gasteiger partial charge is 0.455 e. The molecule has 1 unspecified atom stereocenters. The van der Waals surface area contributed by atoms with Crippen molar-refractivity contribution in [1.29, 1.82) is 0 Å². The number of anilines is 1. The van der Waals surface area contributed by atoms with Crippen LogP contribution in [0.2, 0.25) is 0 Å². The maximum Gasteiger partial charge on any atom is 0.289 e. The lowest BCUT2D eigenvalue weighted by Crippen LogP contribution is -2.45. The molecular weight excluding hydrogens is 354 g/mol. The van der Waals surface area contributed by atoms with E-state index in [0.717, 1.165) is 50.6 Å². The van der Waals surface area contributed by atoms with Crippen molar-refractivity contribution in [3.05, 3.63) is 41.1 Å². The van der Waals surface area contributed by atoms with Crippen LogP contribution in [-0.4, -0.2) is 67.0 Å². The third-order valence-corrected chi connectivity index (χ3v) is 5.94. The molecule has 0 bridgehead atoms. The maximum absolute atomic E-state index is 12.1. The molecule has 0 saturated carbocycles. The van der Waals surface area contributed by atoms with Gasteiger partial charge in [0.2, 0.25) is 5.95 Å². The number of piperidine rings is 1. The van der Waals surface area contributed by atoms with Crippen LogP contribution >= 0.6 is 0 Å². The Hall–Kier alpha value is -2.41. The summed E-state index contributed by atoms with van der Waals surface area (Å²) in [6.45, 7) is 2.74. The Morgan fingerprint density at radius 3 is 2.82 bits per heavy atom. The summed E-state index contributed by atoms with van der Waals surface area (Å²) >= 11 is 0.